The Hall–Kier alpha value is -1.55. The second-order valence-corrected chi connectivity index (χ2v) is 3.45. The normalized spacial score (nSPS) is 19.9. The van der Waals surface area contributed by atoms with Gasteiger partial charge in [-0.05, 0) is 31.2 Å². The number of nitrogens with zero attached hydrogens (tertiary/aromatic N) is 1. The first-order valence-electron chi connectivity index (χ1n) is 5.00. The van der Waals surface area contributed by atoms with E-state index in [4.69, 9.17) is 0 Å². The quantitative estimate of drug-likeness (QED) is 0.548. The predicted molar refractivity (Wildman–Crippen MR) is 59.4 cm³/mol. The first kappa shape index (κ1) is 9.02. The van der Waals surface area contributed by atoms with Crippen LogP contribution in [0.2, 0.25) is 0 Å². The van der Waals surface area contributed by atoms with Crippen LogP contribution in [-0.2, 0) is 0 Å². The molecule has 1 heterocycles. The third kappa shape index (κ3) is 2.47. The maximum Gasteiger partial charge on any atom is 0.0397 e. The van der Waals surface area contributed by atoms with Crippen molar-refractivity contribution < 1.29 is 0 Å². The van der Waals surface area contributed by atoms with Crippen molar-refractivity contribution in [3.63, 3.8) is 0 Å². The zero-order valence-corrected chi connectivity index (χ0v) is 8.11. The van der Waals surface area contributed by atoms with Crippen LogP contribution in [-0.4, -0.2) is 12.8 Å². The van der Waals surface area contributed by atoms with E-state index in [2.05, 4.69) is 16.8 Å². The summed E-state index contributed by atoms with van der Waals surface area (Å²) in [6.45, 7) is 0.939. The van der Waals surface area contributed by atoms with Gasteiger partial charge in [-0.1, -0.05) is 30.0 Å². The third-order valence-electron chi connectivity index (χ3n) is 2.32. The van der Waals surface area contributed by atoms with Crippen molar-refractivity contribution >= 4 is 6.21 Å². The minimum absolute atomic E-state index is 0.507. The molecule has 1 aromatic carbocycles. The molecule has 0 amide bonds. The summed E-state index contributed by atoms with van der Waals surface area (Å²) in [5, 5.41) is 0. The molecule has 1 aliphatic rings. The minimum atomic E-state index is 0.507. The lowest BCUT2D eigenvalue weighted by Gasteiger charge is -2.09. The molecular weight excluding hydrogens is 170 g/mol. The molecule has 1 atom stereocenters. The highest BCUT2D eigenvalue weighted by molar-refractivity contribution is 5.59. The number of benzene rings is 1. The van der Waals surface area contributed by atoms with Crippen molar-refractivity contribution in [2.45, 2.75) is 12.8 Å². The van der Waals surface area contributed by atoms with Crippen LogP contribution in [0.4, 0.5) is 0 Å². The lowest BCUT2D eigenvalue weighted by atomic mass is 10.0. The van der Waals surface area contributed by atoms with Gasteiger partial charge in [-0.3, -0.25) is 4.99 Å². The molecule has 1 nitrogen and oxygen atoms in total. The van der Waals surface area contributed by atoms with Crippen LogP contribution in [0.3, 0.4) is 0 Å². The van der Waals surface area contributed by atoms with Gasteiger partial charge in [0.15, 0.2) is 0 Å². The molecule has 0 bridgehead atoms. The van der Waals surface area contributed by atoms with Crippen molar-refractivity contribution in [1.29, 1.82) is 0 Å². The van der Waals surface area contributed by atoms with Crippen molar-refractivity contribution in [3.05, 3.63) is 35.9 Å². The number of hydrogen-bond donors (Lipinski definition) is 0. The largest absolute Gasteiger partial charge is 0.297 e. The molecule has 0 saturated heterocycles. The summed E-state index contributed by atoms with van der Waals surface area (Å²) >= 11 is 0. The van der Waals surface area contributed by atoms with Crippen LogP contribution < -0.4 is 0 Å². The van der Waals surface area contributed by atoms with Gasteiger partial charge in [-0.2, -0.15) is 0 Å². The minimum Gasteiger partial charge on any atom is -0.297 e. The summed E-state index contributed by atoms with van der Waals surface area (Å²) in [6.07, 6.45) is 4.12. The SMILES string of the molecule is C(#CC1CC=NCC1)c1ccccc1. The molecule has 0 saturated carbocycles. The van der Waals surface area contributed by atoms with Crippen molar-refractivity contribution in [3.8, 4) is 11.8 Å². The Kier molecular flexibility index (Phi) is 2.98. The van der Waals surface area contributed by atoms with Gasteiger partial charge in [0.2, 0.25) is 0 Å². The van der Waals surface area contributed by atoms with Gasteiger partial charge >= 0.3 is 0 Å². The van der Waals surface area contributed by atoms with Crippen LogP contribution in [0, 0.1) is 17.8 Å². The zero-order valence-electron chi connectivity index (χ0n) is 8.11. The summed E-state index contributed by atoms with van der Waals surface area (Å²) in [5.41, 5.74) is 1.11. The number of hydrogen-bond acceptors (Lipinski definition) is 1. The molecule has 0 aliphatic carbocycles. The van der Waals surface area contributed by atoms with Crippen molar-refractivity contribution in [2.24, 2.45) is 10.9 Å². The molecule has 0 spiro atoms. The second-order valence-electron chi connectivity index (χ2n) is 3.45. The fraction of sp³-hybridized carbons (Fsp3) is 0.308. The van der Waals surface area contributed by atoms with Gasteiger partial charge in [0.25, 0.3) is 0 Å². The smallest absolute Gasteiger partial charge is 0.0397 e. The lowest BCUT2D eigenvalue weighted by Crippen LogP contribution is -2.05. The van der Waals surface area contributed by atoms with Gasteiger partial charge in [0, 0.05) is 18.0 Å². The first-order valence-corrected chi connectivity index (χ1v) is 5.00. The monoisotopic (exact) mass is 183 g/mol. The van der Waals surface area contributed by atoms with E-state index in [1.807, 2.05) is 36.5 Å². The highest BCUT2D eigenvalue weighted by Crippen LogP contribution is 2.10. The van der Waals surface area contributed by atoms with Crippen LogP contribution in [0.25, 0.3) is 0 Å². The summed E-state index contributed by atoms with van der Waals surface area (Å²) in [6, 6.07) is 10.1. The Morgan fingerprint density at radius 2 is 2.07 bits per heavy atom. The fourth-order valence-electron chi connectivity index (χ4n) is 1.48. The molecule has 0 radical (unpaired) electrons. The molecule has 1 heteroatoms. The topological polar surface area (TPSA) is 12.4 Å². The van der Waals surface area contributed by atoms with Crippen LogP contribution in [0.1, 0.15) is 18.4 Å². The molecule has 1 aliphatic heterocycles. The Morgan fingerprint density at radius 1 is 1.21 bits per heavy atom. The predicted octanol–water partition coefficient (Wildman–Crippen LogP) is 2.52. The van der Waals surface area contributed by atoms with Crippen molar-refractivity contribution in [2.75, 3.05) is 6.54 Å². The Morgan fingerprint density at radius 3 is 2.79 bits per heavy atom. The molecule has 1 aromatic rings. The standard InChI is InChI=1S/C13H13N/c1-2-4-12(5-3-1)6-7-13-8-10-14-11-9-13/h1-5,10,13H,8-9,11H2. The average Bonchev–Trinajstić information content (AvgIpc) is 2.29. The van der Waals surface area contributed by atoms with Crippen LogP contribution in [0.5, 0.6) is 0 Å². The summed E-state index contributed by atoms with van der Waals surface area (Å²) in [4.78, 5) is 4.19. The Balaban J connectivity index is 2.03. The Bertz CT molecular complexity index is 367. The highest BCUT2D eigenvalue weighted by atomic mass is 14.7. The molecule has 14 heavy (non-hydrogen) atoms. The molecule has 0 aromatic heterocycles. The molecule has 0 fully saturated rings. The van der Waals surface area contributed by atoms with Crippen LogP contribution >= 0.6 is 0 Å². The van der Waals surface area contributed by atoms with Gasteiger partial charge in [-0.15, -0.1) is 0 Å². The maximum absolute atomic E-state index is 4.19. The molecule has 0 N–H and O–H groups in total. The number of aliphatic imine (C=N–C) groups is 1. The second kappa shape index (κ2) is 4.62. The maximum atomic E-state index is 4.19. The van der Waals surface area contributed by atoms with Gasteiger partial charge in [-0.25, -0.2) is 0 Å². The molecule has 70 valence electrons. The Labute approximate surface area is 84.9 Å². The number of rotatable bonds is 0. The van der Waals surface area contributed by atoms with E-state index in [9.17, 15) is 0 Å². The van der Waals surface area contributed by atoms with Crippen molar-refractivity contribution in [1.82, 2.24) is 0 Å². The zero-order chi connectivity index (χ0) is 9.64. The third-order valence-corrected chi connectivity index (χ3v) is 2.32. The summed E-state index contributed by atoms with van der Waals surface area (Å²) in [5.74, 6) is 7.01. The van der Waals surface area contributed by atoms with E-state index < -0.39 is 0 Å². The van der Waals surface area contributed by atoms with Gasteiger partial charge in [0.1, 0.15) is 0 Å². The van der Waals surface area contributed by atoms with Gasteiger partial charge in [0.05, 0.1) is 0 Å². The van der Waals surface area contributed by atoms with E-state index in [0.29, 0.717) is 5.92 Å². The van der Waals surface area contributed by atoms with E-state index in [1.165, 1.54) is 0 Å². The van der Waals surface area contributed by atoms with E-state index in [-0.39, 0.29) is 0 Å². The molecule has 1 unspecified atom stereocenters. The van der Waals surface area contributed by atoms with Crippen LogP contribution in [0.15, 0.2) is 35.3 Å². The first-order chi connectivity index (χ1) is 6.95. The van der Waals surface area contributed by atoms with E-state index in [0.717, 1.165) is 24.9 Å². The summed E-state index contributed by atoms with van der Waals surface area (Å²) in [7, 11) is 0. The fourth-order valence-corrected chi connectivity index (χ4v) is 1.48. The highest BCUT2D eigenvalue weighted by Gasteiger charge is 2.05. The molecular formula is C13H13N. The summed E-state index contributed by atoms with van der Waals surface area (Å²) < 4.78 is 0. The van der Waals surface area contributed by atoms with Gasteiger partial charge < -0.3 is 0 Å². The van der Waals surface area contributed by atoms with E-state index in [1.54, 1.807) is 0 Å². The van der Waals surface area contributed by atoms with E-state index >= 15 is 0 Å². The molecule has 2 rings (SSSR count). The lowest BCUT2D eigenvalue weighted by molar-refractivity contribution is 0.625. The average molecular weight is 183 g/mol.